The summed E-state index contributed by atoms with van der Waals surface area (Å²) in [6.45, 7) is 5.48. The van der Waals surface area contributed by atoms with Crippen LogP contribution >= 0.6 is 0 Å². The molecule has 0 aromatic carbocycles. The van der Waals surface area contributed by atoms with Gasteiger partial charge in [-0.1, -0.05) is 20.8 Å². The van der Waals surface area contributed by atoms with Crippen LogP contribution < -0.4 is 5.73 Å². The molecule has 0 aliphatic rings. The van der Waals surface area contributed by atoms with Gasteiger partial charge in [0.25, 0.3) is 0 Å². The Morgan fingerprint density at radius 3 is 2.33 bits per heavy atom. The monoisotopic (exact) mass is 170 g/mol. The molecule has 4 heteroatoms. The zero-order valence-electron chi connectivity index (χ0n) is 7.53. The lowest BCUT2D eigenvalue weighted by Crippen LogP contribution is -2.15. The van der Waals surface area contributed by atoms with Gasteiger partial charge >= 0.3 is 0 Å². The molecule has 0 unspecified atom stereocenters. The van der Waals surface area contributed by atoms with Crippen LogP contribution in [-0.4, -0.2) is 17.4 Å². The lowest BCUT2D eigenvalue weighted by Gasteiger charge is -2.16. The fourth-order valence-electron chi connectivity index (χ4n) is 0.455. The van der Waals surface area contributed by atoms with Crippen LogP contribution in [0.4, 0.5) is 0 Å². The van der Waals surface area contributed by atoms with Crippen LogP contribution in [0.15, 0.2) is 16.8 Å². The van der Waals surface area contributed by atoms with Crippen molar-refractivity contribution in [3.63, 3.8) is 0 Å². The number of aliphatic hydroxyl groups is 1. The minimum atomic E-state index is -0.372. The molecule has 4 nitrogen and oxygen atoms in total. The minimum absolute atomic E-state index is 0.0115. The molecule has 0 saturated carbocycles. The fourth-order valence-corrected chi connectivity index (χ4v) is 0.455. The van der Waals surface area contributed by atoms with Gasteiger partial charge in [0.15, 0.2) is 0 Å². The summed E-state index contributed by atoms with van der Waals surface area (Å²) >= 11 is 0. The van der Waals surface area contributed by atoms with Crippen molar-refractivity contribution >= 4 is 12.2 Å². The van der Waals surface area contributed by atoms with Gasteiger partial charge in [0.05, 0.1) is 0 Å². The molecule has 0 radical (unpaired) electrons. The Labute approximate surface area is 71.8 Å². The molecule has 0 atom stereocenters. The summed E-state index contributed by atoms with van der Waals surface area (Å²) < 4.78 is 0. The smallest absolute Gasteiger partial charge is 0.234 e. The van der Waals surface area contributed by atoms with E-state index in [1.807, 2.05) is 20.8 Å². The van der Waals surface area contributed by atoms with Gasteiger partial charge in [-0.2, -0.15) is 4.99 Å². The van der Waals surface area contributed by atoms with E-state index < -0.39 is 0 Å². The van der Waals surface area contributed by atoms with Crippen LogP contribution in [0.3, 0.4) is 0 Å². The van der Waals surface area contributed by atoms with Crippen LogP contribution in [0.2, 0.25) is 0 Å². The highest BCUT2D eigenvalue weighted by atomic mass is 16.3. The molecule has 0 rings (SSSR count). The van der Waals surface area contributed by atoms with Crippen molar-refractivity contribution in [2.24, 2.45) is 16.1 Å². The zero-order chi connectivity index (χ0) is 9.78. The third kappa shape index (κ3) is 3.75. The standard InChI is InChI=1S/C8H14N2O2/c1-8(2,3)6(12)4-7(9)10-5-11/h4-5,12H,1-3H3,(H2,9,10,11)/b6-4-. The van der Waals surface area contributed by atoms with E-state index in [2.05, 4.69) is 4.99 Å². The molecule has 0 heterocycles. The van der Waals surface area contributed by atoms with Crippen LogP contribution in [-0.2, 0) is 4.79 Å². The summed E-state index contributed by atoms with van der Waals surface area (Å²) in [4.78, 5) is 13.1. The number of nitrogens with zero attached hydrogens (tertiary/aromatic N) is 1. The molecule has 0 aliphatic carbocycles. The molecular formula is C8H14N2O2. The van der Waals surface area contributed by atoms with Crippen molar-refractivity contribution < 1.29 is 9.90 Å². The van der Waals surface area contributed by atoms with Crippen LogP contribution in [0.1, 0.15) is 20.8 Å². The van der Waals surface area contributed by atoms with Crippen molar-refractivity contribution in [1.29, 1.82) is 0 Å². The van der Waals surface area contributed by atoms with E-state index >= 15 is 0 Å². The molecule has 3 N–H and O–H groups in total. The second-order valence-corrected chi connectivity index (χ2v) is 3.44. The molecule has 12 heavy (non-hydrogen) atoms. The Bertz CT molecular complexity index is 224. The van der Waals surface area contributed by atoms with Crippen molar-refractivity contribution in [1.82, 2.24) is 0 Å². The number of amides is 1. The van der Waals surface area contributed by atoms with Crippen LogP contribution in [0.25, 0.3) is 0 Å². The first-order chi connectivity index (χ1) is 5.38. The highest BCUT2D eigenvalue weighted by Gasteiger charge is 2.15. The molecular weight excluding hydrogens is 156 g/mol. The molecule has 0 spiro atoms. The first kappa shape index (κ1) is 10.7. The summed E-state index contributed by atoms with van der Waals surface area (Å²) in [5.41, 5.74) is 4.89. The zero-order valence-corrected chi connectivity index (χ0v) is 7.53. The predicted octanol–water partition coefficient (Wildman–Crippen LogP) is 0.988. The van der Waals surface area contributed by atoms with Gasteiger partial charge in [0, 0.05) is 11.5 Å². The molecule has 68 valence electrons. The van der Waals surface area contributed by atoms with Gasteiger partial charge in [-0.3, -0.25) is 4.79 Å². The van der Waals surface area contributed by atoms with E-state index in [1.165, 1.54) is 6.08 Å². The number of nitrogens with two attached hydrogens (primary N) is 1. The molecule has 0 aromatic heterocycles. The maximum Gasteiger partial charge on any atom is 0.234 e. The van der Waals surface area contributed by atoms with Gasteiger partial charge in [0.1, 0.15) is 11.6 Å². The Morgan fingerprint density at radius 2 is 2.00 bits per heavy atom. The Hall–Kier alpha value is -1.32. The molecule has 0 bridgehead atoms. The van der Waals surface area contributed by atoms with Crippen molar-refractivity contribution in [3.8, 4) is 0 Å². The van der Waals surface area contributed by atoms with Crippen molar-refractivity contribution in [2.75, 3.05) is 0 Å². The summed E-state index contributed by atoms with van der Waals surface area (Å²) in [6, 6.07) is 0. The lowest BCUT2D eigenvalue weighted by molar-refractivity contribution is -0.106. The third-order valence-electron chi connectivity index (χ3n) is 1.25. The maximum atomic E-state index is 9.87. The van der Waals surface area contributed by atoms with E-state index in [0.717, 1.165) is 0 Å². The molecule has 0 aromatic rings. The van der Waals surface area contributed by atoms with Crippen LogP contribution in [0, 0.1) is 5.41 Å². The number of hydrogen-bond acceptors (Lipinski definition) is 2. The van der Waals surface area contributed by atoms with Gasteiger partial charge in [-0.25, -0.2) is 0 Å². The number of aliphatic imine (C=N–C) groups is 1. The van der Waals surface area contributed by atoms with Gasteiger partial charge in [-0.05, 0) is 0 Å². The highest BCUT2D eigenvalue weighted by Crippen LogP contribution is 2.21. The summed E-state index contributed by atoms with van der Waals surface area (Å²) in [5.74, 6) is 0.114. The summed E-state index contributed by atoms with van der Waals surface area (Å²) in [5, 5.41) is 9.37. The van der Waals surface area contributed by atoms with Gasteiger partial charge < -0.3 is 10.8 Å². The second kappa shape index (κ2) is 3.90. The van der Waals surface area contributed by atoms with E-state index in [9.17, 15) is 9.90 Å². The SMILES string of the molecule is CC(C)(C)/C(O)=C/C(N)=NC=O. The predicted molar refractivity (Wildman–Crippen MR) is 47.9 cm³/mol. The quantitative estimate of drug-likeness (QED) is 0.281. The van der Waals surface area contributed by atoms with E-state index in [-0.39, 0.29) is 17.0 Å². The number of carbonyl (C=O) groups is 1. The van der Waals surface area contributed by atoms with Crippen LogP contribution in [0.5, 0.6) is 0 Å². The number of amidine groups is 1. The largest absolute Gasteiger partial charge is 0.512 e. The number of allylic oxidation sites excluding steroid dienone is 1. The first-order valence-electron chi connectivity index (χ1n) is 3.56. The normalized spacial score (nSPS) is 14.6. The highest BCUT2D eigenvalue weighted by molar-refractivity contribution is 5.95. The van der Waals surface area contributed by atoms with Crippen molar-refractivity contribution in [3.05, 3.63) is 11.8 Å². The molecule has 0 fully saturated rings. The average Bonchev–Trinajstić information content (AvgIpc) is 1.85. The number of carbonyl (C=O) groups excluding carboxylic acids is 1. The second-order valence-electron chi connectivity index (χ2n) is 3.44. The summed E-state index contributed by atoms with van der Waals surface area (Å²) in [6.07, 6.45) is 1.61. The third-order valence-corrected chi connectivity index (χ3v) is 1.25. The number of hydrogen-bond donors (Lipinski definition) is 2. The topological polar surface area (TPSA) is 75.7 Å². The van der Waals surface area contributed by atoms with Crippen molar-refractivity contribution in [2.45, 2.75) is 20.8 Å². The Balaban J connectivity index is 4.57. The van der Waals surface area contributed by atoms with E-state index in [1.54, 1.807) is 0 Å². The average molecular weight is 170 g/mol. The fraction of sp³-hybridized carbons (Fsp3) is 0.500. The van der Waals surface area contributed by atoms with Gasteiger partial charge in [-0.15, -0.1) is 0 Å². The van der Waals surface area contributed by atoms with E-state index in [0.29, 0.717) is 6.41 Å². The molecule has 1 amide bonds. The lowest BCUT2D eigenvalue weighted by atomic mass is 9.93. The summed E-state index contributed by atoms with van der Waals surface area (Å²) in [7, 11) is 0. The number of rotatable bonds is 2. The Kier molecular flexibility index (Phi) is 3.47. The minimum Gasteiger partial charge on any atom is -0.512 e. The van der Waals surface area contributed by atoms with Gasteiger partial charge in [0.2, 0.25) is 6.41 Å². The number of aliphatic hydroxyl groups excluding tert-OH is 1. The Morgan fingerprint density at radius 1 is 1.50 bits per heavy atom. The maximum absolute atomic E-state index is 9.87. The molecule has 0 aliphatic heterocycles. The van der Waals surface area contributed by atoms with E-state index in [4.69, 9.17) is 5.73 Å². The molecule has 0 saturated heterocycles. The first-order valence-corrected chi connectivity index (χ1v) is 3.56.